The van der Waals surface area contributed by atoms with Gasteiger partial charge in [0.25, 0.3) is 0 Å². The highest BCUT2D eigenvalue weighted by atomic mass is 16.5. The maximum absolute atomic E-state index is 5.96. The summed E-state index contributed by atoms with van der Waals surface area (Å²) in [6.45, 7) is 9.35. The van der Waals surface area contributed by atoms with Gasteiger partial charge in [-0.05, 0) is 38.9 Å². The molecule has 1 aromatic carbocycles. The van der Waals surface area contributed by atoms with E-state index in [4.69, 9.17) is 4.74 Å². The zero-order valence-corrected chi connectivity index (χ0v) is 12.2. The Morgan fingerprint density at radius 1 is 1.37 bits per heavy atom. The number of benzene rings is 1. The highest BCUT2D eigenvalue weighted by molar-refractivity contribution is 5.33. The molecule has 3 heteroatoms. The lowest BCUT2D eigenvalue weighted by molar-refractivity contribution is 0.203. The largest absolute Gasteiger partial charge is 0.492 e. The molecular formula is C16H26N2O. The van der Waals surface area contributed by atoms with E-state index in [2.05, 4.69) is 42.3 Å². The summed E-state index contributed by atoms with van der Waals surface area (Å²) >= 11 is 0. The Kier molecular flexibility index (Phi) is 5.67. The van der Waals surface area contributed by atoms with Crippen molar-refractivity contribution < 1.29 is 4.74 Å². The molecule has 0 radical (unpaired) electrons. The highest BCUT2D eigenvalue weighted by Gasteiger charge is 2.19. The highest BCUT2D eigenvalue weighted by Crippen LogP contribution is 2.19. The second kappa shape index (κ2) is 7.51. The van der Waals surface area contributed by atoms with E-state index in [0.29, 0.717) is 0 Å². The Morgan fingerprint density at radius 2 is 2.21 bits per heavy atom. The van der Waals surface area contributed by atoms with Crippen molar-refractivity contribution in [3.8, 4) is 5.75 Å². The SMILES string of the molecule is CCNCc1ccccc1OCCN1CCCC1C. The van der Waals surface area contributed by atoms with E-state index in [1.165, 1.54) is 24.9 Å². The van der Waals surface area contributed by atoms with Gasteiger partial charge in [-0.1, -0.05) is 25.1 Å². The molecule has 1 atom stereocenters. The zero-order valence-electron chi connectivity index (χ0n) is 12.2. The monoisotopic (exact) mass is 262 g/mol. The third-order valence-electron chi connectivity index (χ3n) is 3.86. The molecule has 1 N–H and O–H groups in total. The van der Waals surface area contributed by atoms with Gasteiger partial charge in [0, 0.05) is 24.7 Å². The summed E-state index contributed by atoms with van der Waals surface area (Å²) in [4.78, 5) is 2.52. The van der Waals surface area contributed by atoms with Gasteiger partial charge in [0.15, 0.2) is 0 Å². The molecule has 0 saturated carbocycles. The Balaban J connectivity index is 1.81. The van der Waals surface area contributed by atoms with Gasteiger partial charge in [0.05, 0.1) is 0 Å². The van der Waals surface area contributed by atoms with Crippen molar-refractivity contribution in [3.63, 3.8) is 0 Å². The molecule has 1 heterocycles. The van der Waals surface area contributed by atoms with Crippen LogP contribution in [-0.2, 0) is 6.54 Å². The van der Waals surface area contributed by atoms with E-state index in [-0.39, 0.29) is 0 Å². The number of likely N-dealkylation sites (tertiary alicyclic amines) is 1. The summed E-state index contributed by atoms with van der Waals surface area (Å²) in [5.41, 5.74) is 1.25. The second-order valence-corrected chi connectivity index (χ2v) is 5.26. The Labute approximate surface area is 116 Å². The fourth-order valence-corrected chi connectivity index (χ4v) is 2.65. The van der Waals surface area contributed by atoms with Crippen LogP contribution in [0.25, 0.3) is 0 Å². The van der Waals surface area contributed by atoms with Crippen molar-refractivity contribution in [2.75, 3.05) is 26.2 Å². The van der Waals surface area contributed by atoms with Crippen molar-refractivity contribution in [3.05, 3.63) is 29.8 Å². The maximum atomic E-state index is 5.96. The molecule has 0 aromatic heterocycles. The lowest BCUT2D eigenvalue weighted by Gasteiger charge is -2.21. The van der Waals surface area contributed by atoms with Crippen molar-refractivity contribution in [2.45, 2.75) is 39.3 Å². The van der Waals surface area contributed by atoms with Crippen LogP contribution >= 0.6 is 0 Å². The van der Waals surface area contributed by atoms with E-state index >= 15 is 0 Å². The van der Waals surface area contributed by atoms with Crippen LogP contribution in [0.5, 0.6) is 5.75 Å². The topological polar surface area (TPSA) is 24.5 Å². The third-order valence-corrected chi connectivity index (χ3v) is 3.86. The first kappa shape index (κ1) is 14.4. The van der Waals surface area contributed by atoms with Crippen molar-refractivity contribution in [1.82, 2.24) is 10.2 Å². The molecule has 0 amide bonds. The number of para-hydroxylation sites is 1. The summed E-state index contributed by atoms with van der Waals surface area (Å²) in [6, 6.07) is 9.04. The van der Waals surface area contributed by atoms with Crippen LogP contribution in [0.15, 0.2) is 24.3 Å². The average molecular weight is 262 g/mol. The van der Waals surface area contributed by atoms with Crippen LogP contribution in [0.2, 0.25) is 0 Å². The minimum atomic E-state index is 0.723. The van der Waals surface area contributed by atoms with Crippen LogP contribution in [0.1, 0.15) is 32.3 Å². The van der Waals surface area contributed by atoms with Crippen LogP contribution in [0.4, 0.5) is 0 Å². The summed E-state index contributed by atoms with van der Waals surface area (Å²) in [5.74, 6) is 1.02. The molecule has 19 heavy (non-hydrogen) atoms. The predicted octanol–water partition coefficient (Wildman–Crippen LogP) is 2.66. The predicted molar refractivity (Wildman–Crippen MR) is 79.6 cm³/mol. The van der Waals surface area contributed by atoms with Crippen LogP contribution in [0, 0.1) is 0 Å². The van der Waals surface area contributed by atoms with Gasteiger partial charge in [-0.15, -0.1) is 0 Å². The zero-order chi connectivity index (χ0) is 13.5. The molecule has 3 nitrogen and oxygen atoms in total. The minimum absolute atomic E-state index is 0.723. The second-order valence-electron chi connectivity index (χ2n) is 5.26. The van der Waals surface area contributed by atoms with E-state index in [1.54, 1.807) is 0 Å². The summed E-state index contributed by atoms with van der Waals surface area (Å²) in [7, 11) is 0. The minimum Gasteiger partial charge on any atom is -0.492 e. The normalized spacial score (nSPS) is 19.8. The van der Waals surface area contributed by atoms with E-state index in [1.807, 2.05) is 6.07 Å². The van der Waals surface area contributed by atoms with Crippen LogP contribution in [-0.4, -0.2) is 37.2 Å². The van der Waals surface area contributed by atoms with Gasteiger partial charge in [-0.2, -0.15) is 0 Å². The molecule has 1 fully saturated rings. The molecule has 0 aliphatic carbocycles. The molecule has 106 valence electrons. The molecule has 1 saturated heterocycles. The lowest BCUT2D eigenvalue weighted by Crippen LogP contribution is -2.31. The molecule has 1 aromatic rings. The molecule has 2 rings (SSSR count). The molecule has 1 aliphatic rings. The van der Waals surface area contributed by atoms with Crippen LogP contribution in [0.3, 0.4) is 0 Å². The number of hydrogen-bond acceptors (Lipinski definition) is 3. The van der Waals surface area contributed by atoms with E-state index in [0.717, 1.165) is 38.0 Å². The standard InChI is InChI=1S/C16H26N2O/c1-3-17-13-15-8-4-5-9-16(15)19-12-11-18-10-6-7-14(18)2/h4-5,8-9,14,17H,3,6-7,10-13H2,1-2H3. The van der Waals surface area contributed by atoms with Gasteiger partial charge in [0.1, 0.15) is 12.4 Å². The van der Waals surface area contributed by atoms with Crippen LogP contribution < -0.4 is 10.1 Å². The smallest absolute Gasteiger partial charge is 0.123 e. The first-order valence-corrected chi connectivity index (χ1v) is 7.46. The first-order chi connectivity index (χ1) is 9.31. The third kappa shape index (κ3) is 4.22. The van der Waals surface area contributed by atoms with Gasteiger partial charge in [-0.3, -0.25) is 4.90 Å². The van der Waals surface area contributed by atoms with Gasteiger partial charge in [0.2, 0.25) is 0 Å². The van der Waals surface area contributed by atoms with Crippen molar-refractivity contribution in [1.29, 1.82) is 0 Å². The molecule has 1 aliphatic heterocycles. The number of rotatable bonds is 7. The summed E-state index contributed by atoms with van der Waals surface area (Å²) in [6.07, 6.45) is 2.66. The van der Waals surface area contributed by atoms with Crippen molar-refractivity contribution >= 4 is 0 Å². The number of hydrogen-bond donors (Lipinski definition) is 1. The molecular weight excluding hydrogens is 236 g/mol. The van der Waals surface area contributed by atoms with Gasteiger partial charge in [-0.25, -0.2) is 0 Å². The first-order valence-electron chi connectivity index (χ1n) is 7.46. The Hall–Kier alpha value is -1.06. The quantitative estimate of drug-likeness (QED) is 0.817. The molecule has 1 unspecified atom stereocenters. The fraction of sp³-hybridized carbons (Fsp3) is 0.625. The molecule has 0 spiro atoms. The van der Waals surface area contributed by atoms with Gasteiger partial charge < -0.3 is 10.1 Å². The van der Waals surface area contributed by atoms with E-state index < -0.39 is 0 Å². The fourth-order valence-electron chi connectivity index (χ4n) is 2.65. The lowest BCUT2D eigenvalue weighted by atomic mass is 10.2. The average Bonchev–Trinajstić information content (AvgIpc) is 2.83. The van der Waals surface area contributed by atoms with Crippen molar-refractivity contribution in [2.24, 2.45) is 0 Å². The maximum Gasteiger partial charge on any atom is 0.123 e. The summed E-state index contributed by atoms with van der Waals surface area (Å²) in [5, 5.41) is 3.35. The Bertz CT molecular complexity index is 381. The van der Waals surface area contributed by atoms with E-state index in [9.17, 15) is 0 Å². The van der Waals surface area contributed by atoms with Gasteiger partial charge >= 0.3 is 0 Å². The summed E-state index contributed by atoms with van der Waals surface area (Å²) < 4.78 is 5.96. The Morgan fingerprint density at radius 3 is 2.95 bits per heavy atom. The number of nitrogens with zero attached hydrogens (tertiary/aromatic N) is 1. The number of nitrogens with one attached hydrogen (secondary N) is 1. The molecule has 0 bridgehead atoms. The number of ether oxygens (including phenoxy) is 1.